The van der Waals surface area contributed by atoms with E-state index in [4.69, 9.17) is 14.5 Å². The Labute approximate surface area is 160 Å². The lowest BCUT2D eigenvalue weighted by atomic mass is 9.84. The van der Waals surface area contributed by atoms with E-state index in [9.17, 15) is 0 Å². The van der Waals surface area contributed by atoms with Crippen LogP contribution in [-0.4, -0.2) is 49.6 Å². The molecule has 5 rings (SSSR count). The summed E-state index contributed by atoms with van der Waals surface area (Å²) >= 11 is 0. The maximum absolute atomic E-state index is 5.60. The zero-order chi connectivity index (χ0) is 18.4. The molecular formula is C22H25N3O2. The van der Waals surface area contributed by atoms with Gasteiger partial charge in [-0.1, -0.05) is 30.3 Å². The van der Waals surface area contributed by atoms with E-state index in [1.54, 1.807) is 14.2 Å². The number of aliphatic imine (C=N–C) groups is 1. The molecule has 3 aliphatic heterocycles. The predicted octanol–water partition coefficient (Wildman–Crippen LogP) is 3.42. The Morgan fingerprint density at radius 2 is 1.67 bits per heavy atom. The third-order valence-electron chi connectivity index (χ3n) is 6.12. The van der Waals surface area contributed by atoms with Gasteiger partial charge in [-0.05, 0) is 41.7 Å². The van der Waals surface area contributed by atoms with Crippen molar-refractivity contribution < 1.29 is 9.47 Å². The first-order valence-corrected chi connectivity index (χ1v) is 9.67. The molecule has 5 nitrogen and oxygen atoms in total. The van der Waals surface area contributed by atoms with Crippen LogP contribution in [0.2, 0.25) is 0 Å². The van der Waals surface area contributed by atoms with Crippen molar-refractivity contribution in [1.29, 1.82) is 0 Å². The van der Waals surface area contributed by atoms with E-state index in [0.29, 0.717) is 12.1 Å². The first-order chi connectivity index (χ1) is 13.3. The van der Waals surface area contributed by atoms with Crippen LogP contribution in [0, 0.1) is 0 Å². The summed E-state index contributed by atoms with van der Waals surface area (Å²) in [6.45, 7) is 2.90. The highest BCUT2D eigenvalue weighted by Gasteiger charge is 2.43. The molecule has 5 heteroatoms. The fourth-order valence-electron chi connectivity index (χ4n) is 4.85. The van der Waals surface area contributed by atoms with Gasteiger partial charge >= 0.3 is 0 Å². The molecule has 0 N–H and O–H groups in total. The van der Waals surface area contributed by atoms with E-state index in [1.165, 1.54) is 22.6 Å². The first-order valence-electron chi connectivity index (χ1n) is 9.67. The minimum absolute atomic E-state index is 0.326. The third kappa shape index (κ3) is 2.56. The van der Waals surface area contributed by atoms with Crippen molar-refractivity contribution in [1.82, 2.24) is 9.80 Å². The van der Waals surface area contributed by atoms with Gasteiger partial charge in [0.1, 0.15) is 0 Å². The van der Waals surface area contributed by atoms with E-state index in [-0.39, 0.29) is 0 Å². The summed E-state index contributed by atoms with van der Waals surface area (Å²) < 4.78 is 11.1. The average molecular weight is 363 g/mol. The second-order valence-corrected chi connectivity index (χ2v) is 7.40. The summed E-state index contributed by atoms with van der Waals surface area (Å²) in [7, 11) is 3.41. The second kappa shape index (κ2) is 6.48. The Hall–Kier alpha value is -2.69. The monoisotopic (exact) mass is 363 g/mol. The van der Waals surface area contributed by atoms with Crippen LogP contribution in [0.5, 0.6) is 11.5 Å². The predicted molar refractivity (Wildman–Crippen MR) is 106 cm³/mol. The van der Waals surface area contributed by atoms with Gasteiger partial charge in [0.05, 0.1) is 32.8 Å². The molecule has 0 spiro atoms. The number of hydrogen-bond donors (Lipinski definition) is 0. The van der Waals surface area contributed by atoms with E-state index in [2.05, 4.69) is 52.3 Å². The zero-order valence-electron chi connectivity index (χ0n) is 15.9. The first kappa shape index (κ1) is 16.5. The van der Waals surface area contributed by atoms with Crippen molar-refractivity contribution in [3.8, 4) is 11.5 Å². The minimum Gasteiger partial charge on any atom is -0.493 e. The van der Waals surface area contributed by atoms with Crippen molar-refractivity contribution >= 4 is 5.96 Å². The van der Waals surface area contributed by atoms with Crippen molar-refractivity contribution in [3.63, 3.8) is 0 Å². The van der Waals surface area contributed by atoms with E-state index >= 15 is 0 Å². The standard InChI is InChI=1S/C22H25N3O2/c1-26-20-12-16-8-10-24-19(17(16)13-21(20)27-2)14-18(15-6-4-3-5-7-15)25-11-9-23-22(24)25/h3-7,12-13,18-19H,8-11,14H2,1-2H3/t18-,19-/m0/s1. The normalized spacial score (nSPS) is 23.3. The molecule has 0 amide bonds. The van der Waals surface area contributed by atoms with E-state index in [1.807, 2.05) is 0 Å². The third-order valence-corrected chi connectivity index (χ3v) is 6.12. The number of benzene rings is 2. The number of nitrogens with zero attached hydrogens (tertiary/aromatic N) is 3. The molecule has 0 bridgehead atoms. The summed E-state index contributed by atoms with van der Waals surface area (Å²) in [6, 6.07) is 15.9. The van der Waals surface area contributed by atoms with Crippen molar-refractivity contribution in [2.45, 2.75) is 24.9 Å². The van der Waals surface area contributed by atoms with Crippen molar-refractivity contribution in [3.05, 3.63) is 59.2 Å². The Morgan fingerprint density at radius 1 is 0.926 bits per heavy atom. The van der Waals surface area contributed by atoms with E-state index in [0.717, 1.165) is 44.0 Å². The number of ether oxygens (including phenoxy) is 2. The van der Waals surface area contributed by atoms with Gasteiger partial charge in [-0.15, -0.1) is 0 Å². The number of rotatable bonds is 3. The van der Waals surface area contributed by atoms with Gasteiger partial charge in [-0.2, -0.15) is 0 Å². The van der Waals surface area contributed by atoms with Crippen LogP contribution in [0.1, 0.15) is 35.2 Å². The summed E-state index contributed by atoms with van der Waals surface area (Å²) in [5, 5.41) is 0. The minimum atomic E-state index is 0.326. The van der Waals surface area contributed by atoms with Crippen LogP contribution in [0.3, 0.4) is 0 Å². The Bertz CT molecular complexity index is 881. The lowest BCUT2D eigenvalue weighted by molar-refractivity contribution is 0.143. The molecule has 2 aromatic carbocycles. The molecule has 0 unspecified atom stereocenters. The van der Waals surface area contributed by atoms with Crippen LogP contribution < -0.4 is 9.47 Å². The smallest absolute Gasteiger partial charge is 0.197 e. The van der Waals surface area contributed by atoms with E-state index < -0.39 is 0 Å². The maximum atomic E-state index is 5.60. The lowest BCUT2D eigenvalue weighted by Crippen LogP contribution is -2.53. The molecule has 1 fully saturated rings. The van der Waals surface area contributed by atoms with Gasteiger partial charge in [0.2, 0.25) is 0 Å². The summed E-state index contributed by atoms with van der Waals surface area (Å²) in [4.78, 5) is 9.88. The van der Waals surface area contributed by atoms with Gasteiger partial charge in [-0.3, -0.25) is 4.99 Å². The molecule has 3 heterocycles. The van der Waals surface area contributed by atoms with Gasteiger partial charge in [-0.25, -0.2) is 0 Å². The molecule has 1 saturated heterocycles. The van der Waals surface area contributed by atoms with Crippen molar-refractivity contribution in [2.24, 2.45) is 4.99 Å². The summed E-state index contributed by atoms with van der Waals surface area (Å²) in [5.74, 6) is 2.80. The van der Waals surface area contributed by atoms with Crippen LogP contribution in [0.15, 0.2) is 47.5 Å². The molecule has 2 aromatic rings. The molecule has 0 radical (unpaired) electrons. The second-order valence-electron chi connectivity index (χ2n) is 7.40. The Morgan fingerprint density at radius 3 is 2.44 bits per heavy atom. The fourth-order valence-corrected chi connectivity index (χ4v) is 4.85. The van der Waals surface area contributed by atoms with Crippen LogP contribution in [0.25, 0.3) is 0 Å². The van der Waals surface area contributed by atoms with Crippen LogP contribution >= 0.6 is 0 Å². The molecule has 2 atom stereocenters. The number of methoxy groups -OCH3 is 2. The Balaban J connectivity index is 1.59. The highest BCUT2D eigenvalue weighted by molar-refractivity contribution is 5.84. The van der Waals surface area contributed by atoms with Crippen LogP contribution in [0.4, 0.5) is 0 Å². The molecule has 27 heavy (non-hydrogen) atoms. The highest BCUT2D eigenvalue weighted by atomic mass is 16.5. The van der Waals surface area contributed by atoms with Crippen LogP contribution in [-0.2, 0) is 6.42 Å². The zero-order valence-corrected chi connectivity index (χ0v) is 15.9. The lowest BCUT2D eigenvalue weighted by Gasteiger charge is -2.49. The fraction of sp³-hybridized carbons (Fsp3) is 0.409. The van der Waals surface area contributed by atoms with Gasteiger partial charge in [0, 0.05) is 13.1 Å². The van der Waals surface area contributed by atoms with Gasteiger partial charge in [0.15, 0.2) is 17.5 Å². The molecule has 3 aliphatic rings. The summed E-state index contributed by atoms with van der Waals surface area (Å²) in [5.41, 5.74) is 4.10. The quantitative estimate of drug-likeness (QED) is 0.837. The topological polar surface area (TPSA) is 37.3 Å². The average Bonchev–Trinajstić information content (AvgIpc) is 3.22. The largest absolute Gasteiger partial charge is 0.493 e. The summed E-state index contributed by atoms with van der Waals surface area (Å²) in [6.07, 6.45) is 2.07. The molecule has 0 saturated carbocycles. The Kier molecular flexibility index (Phi) is 3.96. The molecule has 140 valence electrons. The molecule has 0 aliphatic carbocycles. The van der Waals surface area contributed by atoms with Crippen molar-refractivity contribution in [2.75, 3.05) is 33.9 Å². The number of hydrogen-bond acceptors (Lipinski definition) is 5. The maximum Gasteiger partial charge on any atom is 0.197 e. The SMILES string of the molecule is COc1cc2c(cc1OC)[C@@H]1C[C@@H](c3ccccc3)N3CCN=C3N1CC2. The molecule has 0 aromatic heterocycles. The van der Waals surface area contributed by atoms with Gasteiger partial charge < -0.3 is 19.3 Å². The van der Waals surface area contributed by atoms with Gasteiger partial charge in [0.25, 0.3) is 0 Å². The number of guanidine groups is 1. The highest BCUT2D eigenvalue weighted by Crippen LogP contribution is 2.46. The number of fused-ring (bicyclic) bond motifs is 5. The molecular weight excluding hydrogens is 338 g/mol.